The molecule has 0 saturated heterocycles. The fraction of sp³-hybridized carbons (Fsp3) is 0.100. The number of H-pyrrole nitrogens is 2. The van der Waals surface area contributed by atoms with Gasteiger partial charge in [-0.1, -0.05) is 23.2 Å². The first-order valence-corrected chi connectivity index (χ1v) is 5.08. The van der Waals surface area contributed by atoms with Crippen molar-refractivity contribution in [3.8, 4) is 11.3 Å². The Labute approximate surface area is 96.1 Å². The molecule has 2 aromatic rings. The second kappa shape index (κ2) is 3.76. The van der Waals surface area contributed by atoms with E-state index in [0.717, 1.165) is 11.3 Å². The van der Waals surface area contributed by atoms with Gasteiger partial charge in [-0.2, -0.15) is 0 Å². The predicted molar refractivity (Wildman–Crippen MR) is 61.6 cm³/mol. The van der Waals surface area contributed by atoms with Crippen LogP contribution in [0.3, 0.4) is 0 Å². The number of aromatic nitrogens is 2. The van der Waals surface area contributed by atoms with E-state index in [1.54, 1.807) is 25.1 Å². The van der Waals surface area contributed by atoms with Crippen molar-refractivity contribution in [2.24, 2.45) is 0 Å². The van der Waals surface area contributed by atoms with Crippen LogP contribution in [-0.2, 0) is 0 Å². The van der Waals surface area contributed by atoms with Crippen LogP contribution in [0, 0.1) is 6.92 Å². The maximum Gasteiger partial charge on any atom is 0.323 e. The van der Waals surface area contributed by atoms with E-state index in [-0.39, 0.29) is 5.69 Å². The van der Waals surface area contributed by atoms with Crippen LogP contribution in [0.5, 0.6) is 0 Å². The van der Waals surface area contributed by atoms with Gasteiger partial charge in [-0.05, 0) is 25.1 Å². The summed E-state index contributed by atoms with van der Waals surface area (Å²) in [7, 11) is 0. The highest BCUT2D eigenvalue weighted by molar-refractivity contribution is 6.36. The number of aromatic amines is 2. The molecule has 0 unspecified atom stereocenters. The molecule has 0 bridgehead atoms. The number of rotatable bonds is 1. The zero-order valence-electron chi connectivity index (χ0n) is 7.90. The second-order valence-corrected chi connectivity index (χ2v) is 4.05. The molecular formula is C10H8Cl2N2O. The predicted octanol–water partition coefficient (Wildman–Crippen LogP) is 2.99. The highest BCUT2D eigenvalue weighted by Gasteiger charge is 2.09. The van der Waals surface area contributed by atoms with Crippen molar-refractivity contribution < 1.29 is 0 Å². The quantitative estimate of drug-likeness (QED) is 0.794. The highest BCUT2D eigenvalue weighted by Crippen LogP contribution is 2.29. The summed E-state index contributed by atoms with van der Waals surface area (Å²) < 4.78 is 0. The average Bonchev–Trinajstić information content (AvgIpc) is 2.45. The summed E-state index contributed by atoms with van der Waals surface area (Å²) in [4.78, 5) is 16.4. The van der Waals surface area contributed by atoms with E-state index < -0.39 is 0 Å². The van der Waals surface area contributed by atoms with Crippen LogP contribution in [0.1, 0.15) is 5.69 Å². The molecule has 78 valence electrons. The molecule has 3 nitrogen and oxygen atoms in total. The Morgan fingerprint density at radius 2 is 1.93 bits per heavy atom. The van der Waals surface area contributed by atoms with Gasteiger partial charge in [-0.15, -0.1) is 0 Å². The molecule has 0 amide bonds. The van der Waals surface area contributed by atoms with E-state index >= 15 is 0 Å². The molecule has 0 fully saturated rings. The van der Waals surface area contributed by atoms with Crippen molar-refractivity contribution in [2.45, 2.75) is 6.92 Å². The lowest BCUT2D eigenvalue weighted by molar-refractivity contribution is 1.16. The van der Waals surface area contributed by atoms with Crippen LogP contribution in [0.2, 0.25) is 10.0 Å². The van der Waals surface area contributed by atoms with Crippen molar-refractivity contribution in [3.05, 3.63) is 44.4 Å². The maximum absolute atomic E-state index is 11.1. The van der Waals surface area contributed by atoms with E-state index in [2.05, 4.69) is 9.97 Å². The fourth-order valence-corrected chi connectivity index (χ4v) is 1.94. The lowest BCUT2D eigenvalue weighted by atomic mass is 10.1. The van der Waals surface area contributed by atoms with E-state index in [0.29, 0.717) is 15.7 Å². The van der Waals surface area contributed by atoms with Gasteiger partial charge in [0.05, 0.1) is 10.7 Å². The van der Waals surface area contributed by atoms with Gasteiger partial charge < -0.3 is 9.97 Å². The second-order valence-electron chi connectivity index (χ2n) is 3.20. The van der Waals surface area contributed by atoms with Gasteiger partial charge in [0.25, 0.3) is 0 Å². The number of imidazole rings is 1. The summed E-state index contributed by atoms with van der Waals surface area (Å²) in [5.74, 6) is 0. The number of benzene rings is 1. The third kappa shape index (κ3) is 1.94. The van der Waals surface area contributed by atoms with Crippen molar-refractivity contribution in [2.75, 3.05) is 0 Å². The van der Waals surface area contributed by atoms with E-state index in [9.17, 15) is 4.79 Å². The number of hydrogen-bond donors (Lipinski definition) is 2. The largest absolute Gasteiger partial charge is 0.323 e. The third-order valence-electron chi connectivity index (χ3n) is 2.12. The molecule has 1 aromatic heterocycles. The lowest BCUT2D eigenvalue weighted by Crippen LogP contribution is -2.00. The summed E-state index contributed by atoms with van der Waals surface area (Å²) in [6, 6.07) is 5.15. The minimum Gasteiger partial charge on any atom is -0.310 e. The van der Waals surface area contributed by atoms with Gasteiger partial charge in [0.15, 0.2) is 0 Å². The summed E-state index contributed by atoms with van der Waals surface area (Å²) in [5.41, 5.74) is 1.97. The molecule has 2 rings (SSSR count). The molecule has 15 heavy (non-hydrogen) atoms. The molecule has 0 saturated carbocycles. The molecule has 0 aliphatic heterocycles. The Morgan fingerprint density at radius 1 is 1.20 bits per heavy atom. The first-order valence-electron chi connectivity index (χ1n) is 4.32. The first-order chi connectivity index (χ1) is 7.08. The van der Waals surface area contributed by atoms with Crippen LogP contribution in [0.25, 0.3) is 11.3 Å². The van der Waals surface area contributed by atoms with Crippen LogP contribution in [0.15, 0.2) is 23.0 Å². The summed E-state index contributed by atoms with van der Waals surface area (Å²) in [5, 5.41) is 1.08. The van der Waals surface area contributed by atoms with Crippen LogP contribution < -0.4 is 5.69 Å². The molecular weight excluding hydrogens is 235 g/mol. The van der Waals surface area contributed by atoms with Crippen molar-refractivity contribution in [1.29, 1.82) is 0 Å². The van der Waals surface area contributed by atoms with Gasteiger partial charge in [-0.3, -0.25) is 0 Å². The van der Waals surface area contributed by atoms with Gasteiger partial charge in [0, 0.05) is 16.3 Å². The zero-order valence-corrected chi connectivity index (χ0v) is 9.41. The van der Waals surface area contributed by atoms with E-state index in [1.165, 1.54) is 0 Å². The summed E-state index contributed by atoms with van der Waals surface area (Å²) >= 11 is 11.8. The van der Waals surface area contributed by atoms with Crippen molar-refractivity contribution in [1.82, 2.24) is 9.97 Å². The molecule has 0 radical (unpaired) electrons. The number of aryl methyl sites for hydroxylation is 1. The normalized spacial score (nSPS) is 10.6. The third-order valence-corrected chi connectivity index (χ3v) is 2.66. The Hall–Kier alpha value is -1.19. The maximum atomic E-state index is 11.1. The minimum atomic E-state index is -0.242. The van der Waals surface area contributed by atoms with Gasteiger partial charge in [-0.25, -0.2) is 4.79 Å². The molecule has 0 atom stereocenters. The Morgan fingerprint density at radius 3 is 2.47 bits per heavy atom. The lowest BCUT2D eigenvalue weighted by Gasteiger charge is -2.02. The van der Waals surface area contributed by atoms with E-state index in [1.807, 2.05) is 0 Å². The van der Waals surface area contributed by atoms with Crippen LogP contribution in [0.4, 0.5) is 0 Å². The molecule has 0 aliphatic carbocycles. The van der Waals surface area contributed by atoms with Crippen LogP contribution >= 0.6 is 23.2 Å². The number of halogens is 2. The van der Waals surface area contributed by atoms with Crippen LogP contribution in [-0.4, -0.2) is 9.97 Å². The minimum absolute atomic E-state index is 0.242. The van der Waals surface area contributed by atoms with Gasteiger partial charge in [0.2, 0.25) is 0 Å². The van der Waals surface area contributed by atoms with Crippen molar-refractivity contribution >= 4 is 23.2 Å². The fourth-order valence-electron chi connectivity index (χ4n) is 1.43. The molecule has 0 spiro atoms. The highest BCUT2D eigenvalue weighted by atomic mass is 35.5. The van der Waals surface area contributed by atoms with E-state index in [4.69, 9.17) is 23.2 Å². The Balaban J connectivity index is 2.64. The summed E-state index contributed by atoms with van der Waals surface area (Å²) in [6.45, 7) is 1.80. The number of nitrogens with one attached hydrogen (secondary N) is 2. The monoisotopic (exact) mass is 242 g/mol. The molecule has 0 aliphatic rings. The standard InChI is InChI=1S/C10H8Cl2N2O/c1-5-9(14-10(15)13-5)7-3-2-6(11)4-8(7)12/h2-4H,1H3,(H2,13,14,15). The smallest absolute Gasteiger partial charge is 0.310 e. The van der Waals surface area contributed by atoms with Gasteiger partial charge in [0.1, 0.15) is 0 Å². The SMILES string of the molecule is Cc1[nH]c(=O)[nH]c1-c1ccc(Cl)cc1Cl. The molecule has 1 aromatic carbocycles. The Kier molecular flexibility index (Phi) is 2.59. The molecule has 5 heteroatoms. The first kappa shape index (κ1) is 10.3. The summed E-state index contributed by atoms with van der Waals surface area (Å²) in [6.07, 6.45) is 0. The number of hydrogen-bond acceptors (Lipinski definition) is 1. The van der Waals surface area contributed by atoms with Gasteiger partial charge >= 0.3 is 5.69 Å². The Bertz CT molecular complexity index is 557. The van der Waals surface area contributed by atoms with Crippen molar-refractivity contribution in [3.63, 3.8) is 0 Å². The molecule has 1 heterocycles. The zero-order chi connectivity index (χ0) is 11.0. The average molecular weight is 243 g/mol. The molecule has 2 N–H and O–H groups in total. The topological polar surface area (TPSA) is 48.6 Å².